The van der Waals surface area contributed by atoms with E-state index in [1.807, 2.05) is 36.4 Å². The quantitative estimate of drug-likeness (QED) is 0.600. The fourth-order valence-electron chi connectivity index (χ4n) is 6.30. The molecule has 5 nitrogen and oxygen atoms in total. The molecule has 1 heterocycles. The Morgan fingerprint density at radius 3 is 2.66 bits per heavy atom. The summed E-state index contributed by atoms with van der Waals surface area (Å²) in [6, 6.07) is 11.5. The summed E-state index contributed by atoms with van der Waals surface area (Å²) in [7, 11) is 0. The third-order valence-electron chi connectivity index (χ3n) is 7.97. The number of benzene rings is 2. The topological polar surface area (TPSA) is 64.6 Å². The molecule has 0 spiro atoms. The summed E-state index contributed by atoms with van der Waals surface area (Å²) >= 11 is 3.63. The third-order valence-corrected chi connectivity index (χ3v) is 8.71. The molecule has 2 fully saturated rings. The van der Waals surface area contributed by atoms with E-state index in [9.17, 15) is 9.59 Å². The first kappa shape index (κ1) is 20.3. The monoisotopic (exact) mass is 495 g/mol. The number of hydrogen-bond acceptors (Lipinski definition) is 4. The molecule has 2 aromatic carbocycles. The van der Waals surface area contributed by atoms with Crippen molar-refractivity contribution in [2.24, 2.45) is 29.6 Å². The summed E-state index contributed by atoms with van der Waals surface area (Å²) in [4.78, 5) is 26.1. The Kier molecular flexibility index (Phi) is 5.01. The fraction of sp³-hybridized carbons (Fsp3) is 0.462. The zero-order valence-corrected chi connectivity index (χ0v) is 19.4. The molecule has 6 heteroatoms. The van der Waals surface area contributed by atoms with Gasteiger partial charge < -0.3 is 14.8 Å². The van der Waals surface area contributed by atoms with E-state index in [1.54, 1.807) is 0 Å². The molecule has 4 aliphatic rings. The van der Waals surface area contributed by atoms with Gasteiger partial charge >= 0.3 is 0 Å². The summed E-state index contributed by atoms with van der Waals surface area (Å²) in [6.07, 6.45) is 5.94. The third kappa shape index (κ3) is 3.43. The van der Waals surface area contributed by atoms with Crippen LogP contribution in [0.25, 0.3) is 0 Å². The number of anilines is 1. The van der Waals surface area contributed by atoms with Crippen molar-refractivity contribution in [2.75, 3.05) is 12.1 Å². The van der Waals surface area contributed by atoms with E-state index in [1.165, 1.54) is 5.56 Å². The summed E-state index contributed by atoms with van der Waals surface area (Å²) in [5.41, 5.74) is 2.86. The van der Waals surface area contributed by atoms with Crippen molar-refractivity contribution in [3.63, 3.8) is 0 Å². The first-order valence-electron chi connectivity index (χ1n) is 11.6. The van der Waals surface area contributed by atoms with Crippen molar-refractivity contribution in [1.29, 1.82) is 0 Å². The molecule has 6 rings (SSSR count). The Morgan fingerprint density at radius 2 is 1.81 bits per heavy atom. The Bertz CT molecular complexity index is 1090. The van der Waals surface area contributed by atoms with Crippen molar-refractivity contribution < 1.29 is 19.1 Å². The summed E-state index contributed by atoms with van der Waals surface area (Å²) in [5.74, 6) is 3.64. The van der Waals surface area contributed by atoms with Crippen LogP contribution in [0.3, 0.4) is 0 Å². The van der Waals surface area contributed by atoms with Crippen LogP contribution in [0.4, 0.5) is 5.69 Å². The van der Waals surface area contributed by atoms with E-state index in [2.05, 4.69) is 21.2 Å². The van der Waals surface area contributed by atoms with Gasteiger partial charge in [-0.1, -0.05) is 28.1 Å². The molecule has 0 saturated heterocycles. The predicted molar refractivity (Wildman–Crippen MR) is 124 cm³/mol. The molecule has 0 aromatic heterocycles. The Balaban J connectivity index is 1.07. The number of rotatable bonds is 3. The molecule has 32 heavy (non-hydrogen) atoms. The molecular weight excluding hydrogens is 470 g/mol. The second-order valence-corrected chi connectivity index (χ2v) is 10.5. The van der Waals surface area contributed by atoms with Crippen molar-refractivity contribution >= 4 is 33.3 Å². The van der Waals surface area contributed by atoms with Crippen molar-refractivity contribution in [1.82, 2.24) is 0 Å². The summed E-state index contributed by atoms with van der Waals surface area (Å²) < 4.78 is 11.8. The first-order chi connectivity index (χ1) is 15.6. The van der Waals surface area contributed by atoms with Gasteiger partial charge in [0.2, 0.25) is 12.7 Å². The van der Waals surface area contributed by atoms with Crippen molar-refractivity contribution in [3.8, 4) is 11.5 Å². The van der Waals surface area contributed by atoms with E-state index in [0.29, 0.717) is 29.3 Å². The largest absolute Gasteiger partial charge is 0.454 e. The van der Waals surface area contributed by atoms with E-state index >= 15 is 0 Å². The number of halogens is 1. The van der Waals surface area contributed by atoms with Gasteiger partial charge in [-0.3, -0.25) is 9.59 Å². The smallest absolute Gasteiger partial charge is 0.231 e. The van der Waals surface area contributed by atoms with Gasteiger partial charge in [0.05, 0.1) is 0 Å². The van der Waals surface area contributed by atoms with E-state index in [-0.39, 0.29) is 24.5 Å². The number of hydrogen-bond donors (Lipinski definition) is 1. The molecule has 0 radical (unpaired) electrons. The molecule has 3 atom stereocenters. The number of fused-ring (bicyclic) bond motifs is 3. The maximum absolute atomic E-state index is 13.2. The molecule has 1 N–H and O–H groups in total. The zero-order chi connectivity index (χ0) is 21.8. The average molecular weight is 496 g/mol. The van der Waals surface area contributed by atoms with Crippen LogP contribution in [-0.4, -0.2) is 18.5 Å². The molecule has 2 saturated carbocycles. The van der Waals surface area contributed by atoms with Gasteiger partial charge in [0, 0.05) is 33.6 Å². The number of ether oxygens (including phenoxy) is 2. The van der Waals surface area contributed by atoms with Crippen LogP contribution in [0, 0.1) is 29.6 Å². The number of Topliss-reactive ketones (excluding diaryl/α,β-unsaturated/α-hetero) is 1. The minimum atomic E-state index is 0.0348. The van der Waals surface area contributed by atoms with Gasteiger partial charge in [-0.05, 0) is 80.0 Å². The van der Waals surface area contributed by atoms with Crippen LogP contribution >= 0.6 is 15.9 Å². The first-order valence-corrected chi connectivity index (χ1v) is 12.4. The van der Waals surface area contributed by atoms with Gasteiger partial charge in [0.25, 0.3) is 0 Å². The van der Waals surface area contributed by atoms with Crippen LogP contribution in [0.5, 0.6) is 11.5 Å². The Morgan fingerprint density at radius 1 is 1.00 bits per heavy atom. The molecule has 3 aliphatic carbocycles. The minimum absolute atomic E-state index is 0.0348. The second kappa shape index (κ2) is 7.91. The number of amides is 1. The SMILES string of the molecule is O=C(Nc1ccc2c(c1)OCO2)C1CCC(C2C3CCc4c(Br)cccc4C(=O)C32)CC1. The summed E-state index contributed by atoms with van der Waals surface area (Å²) in [5, 5.41) is 3.05. The molecule has 3 unspecified atom stereocenters. The number of carbonyl (C=O) groups is 2. The van der Waals surface area contributed by atoms with Crippen LogP contribution in [0.1, 0.15) is 48.0 Å². The lowest BCUT2D eigenvalue weighted by molar-refractivity contribution is -0.121. The maximum Gasteiger partial charge on any atom is 0.231 e. The molecular formula is C26H26BrNO4. The Labute approximate surface area is 196 Å². The van der Waals surface area contributed by atoms with E-state index in [0.717, 1.165) is 60.0 Å². The highest BCUT2D eigenvalue weighted by molar-refractivity contribution is 9.10. The molecule has 1 aliphatic heterocycles. The van der Waals surface area contributed by atoms with Crippen LogP contribution < -0.4 is 14.8 Å². The van der Waals surface area contributed by atoms with E-state index < -0.39 is 0 Å². The highest BCUT2D eigenvalue weighted by Crippen LogP contribution is 2.59. The highest BCUT2D eigenvalue weighted by atomic mass is 79.9. The fourth-order valence-corrected chi connectivity index (χ4v) is 6.87. The second-order valence-electron chi connectivity index (χ2n) is 9.60. The predicted octanol–water partition coefficient (Wildman–Crippen LogP) is 5.61. The minimum Gasteiger partial charge on any atom is -0.454 e. The standard InChI is InChI=1S/C26H26BrNO4/c27-20-3-1-2-18-17(20)9-10-19-23(24(19)25(18)29)14-4-6-15(7-5-14)26(30)28-16-8-11-21-22(12-16)32-13-31-21/h1-3,8,11-12,14-15,19,23-24H,4-7,9-10,13H2,(H,28,30). The molecule has 166 valence electrons. The van der Waals surface area contributed by atoms with E-state index in [4.69, 9.17) is 9.47 Å². The van der Waals surface area contributed by atoms with Crippen molar-refractivity contribution in [3.05, 3.63) is 52.0 Å². The zero-order valence-electron chi connectivity index (χ0n) is 17.8. The number of nitrogens with one attached hydrogen (secondary N) is 1. The molecule has 0 bridgehead atoms. The van der Waals surface area contributed by atoms with Crippen LogP contribution in [0.15, 0.2) is 40.9 Å². The highest BCUT2D eigenvalue weighted by Gasteiger charge is 2.58. The van der Waals surface area contributed by atoms with Gasteiger partial charge in [-0.2, -0.15) is 0 Å². The van der Waals surface area contributed by atoms with Gasteiger partial charge in [0.15, 0.2) is 17.3 Å². The van der Waals surface area contributed by atoms with Gasteiger partial charge in [-0.15, -0.1) is 0 Å². The lowest BCUT2D eigenvalue weighted by Crippen LogP contribution is -2.28. The number of carbonyl (C=O) groups excluding carboxylic acids is 2. The normalized spacial score (nSPS) is 30.2. The Hall–Kier alpha value is -2.34. The average Bonchev–Trinajstić information content (AvgIpc) is 3.37. The van der Waals surface area contributed by atoms with Crippen molar-refractivity contribution in [2.45, 2.75) is 38.5 Å². The van der Waals surface area contributed by atoms with Gasteiger partial charge in [0.1, 0.15) is 0 Å². The summed E-state index contributed by atoms with van der Waals surface area (Å²) in [6.45, 7) is 0.227. The number of ketones is 1. The molecule has 2 aromatic rings. The lowest BCUT2D eigenvalue weighted by atomic mass is 9.77. The lowest BCUT2D eigenvalue weighted by Gasteiger charge is -2.28. The maximum atomic E-state index is 13.2. The van der Waals surface area contributed by atoms with Crippen LogP contribution in [-0.2, 0) is 11.2 Å². The molecule has 1 amide bonds. The van der Waals surface area contributed by atoms with Crippen LogP contribution in [0.2, 0.25) is 0 Å². The van der Waals surface area contributed by atoms with Gasteiger partial charge in [-0.25, -0.2) is 0 Å².